The lowest BCUT2D eigenvalue weighted by Gasteiger charge is -2.54. The van der Waals surface area contributed by atoms with E-state index in [2.05, 4.69) is 0 Å². The monoisotopic (exact) mass is 218 g/mol. The van der Waals surface area contributed by atoms with Gasteiger partial charge in [-0.1, -0.05) is 25.7 Å². The van der Waals surface area contributed by atoms with Gasteiger partial charge in [-0.2, -0.15) is 0 Å². The summed E-state index contributed by atoms with van der Waals surface area (Å²) in [5.74, 6) is 0.692. The fourth-order valence-corrected chi connectivity index (χ4v) is 3.25. The SMILES string of the molecule is O=C1C=CC2(C=C1)O[C@H]1CCCCCC[C@@H]12. The highest BCUT2D eigenvalue weighted by molar-refractivity contribution is 6.00. The molecule has 2 fully saturated rings. The summed E-state index contributed by atoms with van der Waals surface area (Å²) in [6.07, 6.45) is 15.4. The molecule has 86 valence electrons. The van der Waals surface area contributed by atoms with Crippen molar-refractivity contribution in [1.82, 2.24) is 0 Å². The van der Waals surface area contributed by atoms with Crippen LogP contribution in [0.15, 0.2) is 24.3 Å². The van der Waals surface area contributed by atoms with E-state index in [0.717, 1.165) is 0 Å². The summed E-state index contributed by atoms with van der Waals surface area (Å²) < 4.78 is 6.03. The Morgan fingerprint density at radius 1 is 1.06 bits per heavy atom. The second-order valence-electron chi connectivity index (χ2n) is 5.18. The average Bonchev–Trinajstić information content (AvgIpc) is 2.25. The molecule has 0 aromatic heterocycles. The van der Waals surface area contributed by atoms with Crippen LogP contribution in [0, 0.1) is 5.92 Å². The Balaban J connectivity index is 1.77. The fraction of sp³-hybridized carbons (Fsp3) is 0.643. The van der Waals surface area contributed by atoms with E-state index in [-0.39, 0.29) is 11.4 Å². The topological polar surface area (TPSA) is 26.3 Å². The summed E-state index contributed by atoms with van der Waals surface area (Å²) in [5, 5.41) is 0. The summed E-state index contributed by atoms with van der Waals surface area (Å²) in [5.41, 5.74) is -0.226. The predicted molar refractivity (Wildman–Crippen MR) is 62.1 cm³/mol. The van der Waals surface area contributed by atoms with Crippen molar-refractivity contribution in [2.45, 2.75) is 50.2 Å². The van der Waals surface area contributed by atoms with E-state index < -0.39 is 0 Å². The van der Waals surface area contributed by atoms with Crippen molar-refractivity contribution in [3.05, 3.63) is 24.3 Å². The van der Waals surface area contributed by atoms with Crippen molar-refractivity contribution in [1.29, 1.82) is 0 Å². The molecule has 16 heavy (non-hydrogen) atoms. The van der Waals surface area contributed by atoms with Crippen LogP contribution in [-0.2, 0) is 9.53 Å². The van der Waals surface area contributed by atoms with E-state index in [1.165, 1.54) is 38.5 Å². The van der Waals surface area contributed by atoms with Crippen molar-refractivity contribution in [3.63, 3.8) is 0 Å². The van der Waals surface area contributed by atoms with Crippen molar-refractivity contribution < 1.29 is 9.53 Å². The van der Waals surface area contributed by atoms with Crippen LogP contribution >= 0.6 is 0 Å². The van der Waals surface area contributed by atoms with Gasteiger partial charge in [-0.05, 0) is 37.1 Å². The van der Waals surface area contributed by atoms with Crippen LogP contribution in [0.25, 0.3) is 0 Å². The molecule has 1 saturated carbocycles. The zero-order chi connectivity index (χ0) is 11.0. The summed E-state index contributed by atoms with van der Waals surface area (Å²) in [7, 11) is 0. The number of allylic oxidation sites excluding steroid dienone is 2. The van der Waals surface area contributed by atoms with Gasteiger partial charge >= 0.3 is 0 Å². The summed E-state index contributed by atoms with van der Waals surface area (Å²) >= 11 is 0. The number of fused-ring (bicyclic) bond motifs is 2. The molecule has 0 amide bonds. The lowest BCUT2D eigenvalue weighted by molar-refractivity contribution is -0.215. The van der Waals surface area contributed by atoms with E-state index in [0.29, 0.717) is 12.0 Å². The number of ketones is 1. The first-order chi connectivity index (χ1) is 7.80. The minimum Gasteiger partial charge on any atom is -0.363 e. The highest BCUT2D eigenvalue weighted by Gasteiger charge is 2.52. The van der Waals surface area contributed by atoms with Crippen molar-refractivity contribution in [2.24, 2.45) is 5.92 Å². The summed E-state index contributed by atoms with van der Waals surface area (Å²) in [4.78, 5) is 11.1. The summed E-state index contributed by atoms with van der Waals surface area (Å²) in [6.45, 7) is 0. The molecule has 2 aliphatic carbocycles. The van der Waals surface area contributed by atoms with Crippen LogP contribution in [0.2, 0.25) is 0 Å². The fourth-order valence-electron chi connectivity index (χ4n) is 3.25. The first-order valence-electron chi connectivity index (χ1n) is 6.40. The molecule has 0 aromatic rings. The third-order valence-electron chi connectivity index (χ3n) is 4.15. The molecule has 0 radical (unpaired) electrons. The Labute approximate surface area is 96.4 Å². The van der Waals surface area contributed by atoms with Gasteiger partial charge < -0.3 is 4.74 Å². The maximum Gasteiger partial charge on any atom is 0.178 e. The third kappa shape index (κ3) is 1.56. The zero-order valence-electron chi connectivity index (χ0n) is 9.52. The molecule has 2 heteroatoms. The quantitative estimate of drug-likeness (QED) is 0.625. The molecule has 0 bridgehead atoms. The Hall–Kier alpha value is -0.890. The van der Waals surface area contributed by atoms with Gasteiger partial charge in [0.15, 0.2) is 5.78 Å². The number of rotatable bonds is 0. The second kappa shape index (κ2) is 3.85. The highest BCUT2D eigenvalue weighted by atomic mass is 16.5. The molecule has 3 aliphatic rings. The number of hydrogen-bond acceptors (Lipinski definition) is 2. The largest absolute Gasteiger partial charge is 0.363 e. The predicted octanol–water partition coefficient (Wildman–Crippen LogP) is 2.79. The first-order valence-corrected chi connectivity index (χ1v) is 6.40. The Bertz CT molecular complexity index is 338. The van der Waals surface area contributed by atoms with E-state index in [1.807, 2.05) is 12.2 Å². The van der Waals surface area contributed by atoms with Crippen LogP contribution in [0.3, 0.4) is 0 Å². The van der Waals surface area contributed by atoms with Gasteiger partial charge in [0.25, 0.3) is 0 Å². The third-order valence-corrected chi connectivity index (χ3v) is 4.15. The van der Waals surface area contributed by atoms with Gasteiger partial charge in [0.1, 0.15) is 5.60 Å². The van der Waals surface area contributed by atoms with Gasteiger partial charge in [-0.25, -0.2) is 0 Å². The number of hydrogen-bond donors (Lipinski definition) is 0. The van der Waals surface area contributed by atoms with Gasteiger partial charge in [-0.3, -0.25) is 4.79 Å². The van der Waals surface area contributed by atoms with Crippen LogP contribution in [-0.4, -0.2) is 17.5 Å². The Morgan fingerprint density at radius 3 is 2.50 bits per heavy atom. The number of carbonyl (C=O) groups excluding carboxylic acids is 1. The van der Waals surface area contributed by atoms with E-state index in [1.54, 1.807) is 12.2 Å². The normalized spacial score (nSPS) is 36.4. The average molecular weight is 218 g/mol. The second-order valence-corrected chi connectivity index (χ2v) is 5.18. The Morgan fingerprint density at radius 2 is 1.75 bits per heavy atom. The zero-order valence-corrected chi connectivity index (χ0v) is 9.52. The molecular weight excluding hydrogens is 200 g/mol. The highest BCUT2D eigenvalue weighted by Crippen LogP contribution is 2.48. The van der Waals surface area contributed by atoms with E-state index in [9.17, 15) is 4.79 Å². The van der Waals surface area contributed by atoms with Crippen molar-refractivity contribution in [3.8, 4) is 0 Å². The molecular formula is C14H18O2. The molecule has 2 atom stereocenters. The molecule has 0 N–H and O–H groups in total. The lowest BCUT2D eigenvalue weighted by atomic mass is 9.70. The molecule has 2 nitrogen and oxygen atoms in total. The molecule has 0 unspecified atom stereocenters. The maximum absolute atomic E-state index is 11.1. The number of carbonyl (C=O) groups is 1. The molecule has 1 spiro atoms. The summed E-state index contributed by atoms with van der Waals surface area (Å²) in [6, 6.07) is 0. The first kappa shape index (κ1) is 10.3. The minimum atomic E-state index is -0.226. The smallest absolute Gasteiger partial charge is 0.178 e. The standard InChI is InChI=1S/C14H18O2/c15-11-7-9-14(10-8-11)12-5-3-1-2-4-6-13(12)16-14/h7-10,12-13H,1-6H2/t12-,13-/m0/s1. The van der Waals surface area contributed by atoms with E-state index >= 15 is 0 Å². The Kier molecular flexibility index (Phi) is 2.47. The van der Waals surface area contributed by atoms with Crippen LogP contribution in [0.1, 0.15) is 38.5 Å². The molecule has 1 heterocycles. The van der Waals surface area contributed by atoms with Gasteiger partial charge in [-0.15, -0.1) is 0 Å². The van der Waals surface area contributed by atoms with Crippen LogP contribution < -0.4 is 0 Å². The van der Waals surface area contributed by atoms with E-state index in [4.69, 9.17) is 4.74 Å². The minimum absolute atomic E-state index is 0.0866. The molecule has 3 rings (SSSR count). The van der Waals surface area contributed by atoms with Crippen LogP contribution in [0.4, 0.5) is 0 Å². The van der Waals surface area contributed by atoms with Crippen molar-refractivity contribution >= 4 is 5.78 Å². The van der Waals surface area contributed by atoms with Crippen molar-refractivity contribution in [2.75, 3.05) is 0 Å². The van der Waals surface area contributed by atoms with Gasteiger partial charge in [0.05, 0.1) is 6.10 Å². The molecule has 1 saturated heterocycles. The molecule has 1 aliphatic heterocycles. The maximum atomic E-state index is 11.1. The van der Waals surface area contributed by atoms with Gasteiger partial charge in [0.2, 0.25) is 0 Å². The van der Waals surface area contributed by atoms with Gasteiger partial charge in [0, 0.05) is 5.92 Å². The molecule has 0 aromatic carbocycles. The van der Waals surface area contributed by atoms with Crippen LogP contribution in [0.5, 0.6) is 0 Å². The number of ether oxygens (including phenoxy) is 1. The lowest BCUT2D eigenvalue weighted by Crippen LogP contribution is -2.58.